The van der Waals surface area contributed by atoms with Gasteiger partial charge in [-0.1, -0.05) is 5.16 Å². The van der Waals surface area contributed by atoms with Crippen molar-refractivity contribution in [1.82, 2.24) is 4.98 Å². The number of hydrogen-bond donors (Lipinski definition) is 1. The molecule has 1 N–H and O–H groups in total. The Balaban J connectivity index is 2.89. The van der Waals surface area contributed by atoms with Crippen LogP contribution in [0.5, 0.6) is 0 Å². The van der Waals surface area contributed by atoms with Crippen molar-refractivity contribution in [2.24, 2.45) is 5.16 Å². The van der Waals surface area contributed by atoms with Crippen molar-refractivity contribution in [3.05, 3.63) is 30.1 Å². The van der Waals surface area contributed by atoms with Crippen molar-refractivity contribution in [2.45, 2.75) is 6.92 Å². The molecule has 0 saturated carbocycles. The maximum Gasteiger partial charge on any atom is 0.361 e. The second-order valence-electron chi connectivity index (χ2n) is 2.41. The molecule has 0 aliphatic carbocycles. The first-order chi connectivity index (χ1) is 6.79. The molecule has 5 heteroatoms. The molecule has 0 atom stereocenters. The summed E-state index contributed by atoms with van der Waals surface area (Å²) in [4.78, 5) is 15.0. The van der Waals surface area contributed by atoms with Gasteiger partial charge in [-0.05, 0) is 19.1 Å². The van der Waals surface area contributed by atoms with Crippen LogP contribution in [0, 0.1) is 0 Å². The van der Waals surface area contributed by atoms with E-state index in [4.69, 9.17) is 9.94 Å². The van der Waals surface area contributed by atoms with Gasteiger partial charge in [-0.2, -0.15) is 0 Å². The van der Waals surface area contributed by atoms with Gasteiger partial charge in [0, 0.05) is 18.0 Å². The van der Waals surface area contributed by atoms with E-state index in [2.05, 4.69) is 10.1 Å². The lowest BCUT2D eigenvalue weighted by Crippen LogP contribution is -2.18. The van der Waals surface area contributed by atoms with Crippen LogP contribution in [0.3, 0.4) is 0 Å². The van der Waals surface area contributed by atoms with Crippen LogP contribution >= 0.6 is 0 Å². The number of carbonyl (C=O) groups excluding carboxylic acids is 1. The summed E-state index contributed by atoms with van der Waals surface area (Å²) in [6.07, 6.45) is 2.98. The van der Waals surface area contributed by atoms with Crippen molar-refractivity contribution in [2.75, 3.05) is 6.61 Å². The molecule has 0 unspecified atom stereocenters. The van der Waals surface area contributed by atoms with Crippen LogP contribution in [0.25, 0.3) is 0 Å². The van der Waals surface area contributed by atoms with Gasteiger partial charge in [0.1, 0.15) is 0 Å². The van der Waals surface area contributed by atoms with E-state index in [0.29, 0.717) is 5.56 Å². The van der Waals surface area contributed by atoms with Crippen LogP contribution in [0.1, 0.15) is 12.5 Å². The second kappa shape index (κ2) is 4.96. The zero-order chi connectivity index (χ0) is 10.4. The lowest BCUT2D eigenvalue weighted by atomic mass is 10.2. The average Bonchev–Trinajstić information content (AvgIpc) is 2.21. The molecule has 1 rings (SSSR count). The van der Waals surface area contributed by atoms with Gasteiger partial charge in [0.2, 0.25) is 0 Å². The van der Waals surface area contributed by atoms with E-state index in [-0.39, 0.29) is 12.3 Å². The number of oxime groups is 1. The van der Waals surface area contributed by atoms with E-state index < -0.39 is 5.97 Å². The lowest BCUT2D eigenvalue weighted by Gasteiger charge is -2.02. The number of pyridine rings is 1. The number of ether oxygens (including phenoxy) is 1. The molecule has 0 amide bonds. The van der Waals surface area contributed by atoms with Crippen LogP contribution in [0.15, 0.2) is 29.7 Å². The molecule has 0 aromatic carbocycles. The minimum absolute atomic E-state index is 0.139. The van der Waals surface area contributed by atoms with Crippen molar-refractivity contribution in [3.63, 3.8) is 0 Å². The normalized spacial score (nSPS) is 11.1. The lowest BCUT2D eigenvalue weighted by molar-refractivity contribution is -0.135. The molecular weight excluding hydrogens is 184 g/mol. The molecule has 74 valence electrons. The van der Waals surface area contributed by atoms with E-state index >= 15 is 0 Å². The van der Waals surface area contributed by atoms with Gasteiger partial charge in [-0.3, -0.25) is 4.98 Å². The third-order valence-corrected chi connectivity index (χ3v) is 1.50. The Morgan fingerprint density at radius 1 is 1.71 bits per heavy atom. The predicted molar refractivity (Wildman–Crippen MR) is 49.2 cm³/mol. The number of rotatable bonds is 3. The van der Waals surface area contributed by atoms with Gasteiger partial charge in [0.15, 0.2) is 5.71 Å². The first-order valence-corrected chi connectivity index (χ1v) is 4.09. The molecule has 5 nitrogen and oxygen atoms in total. The summed E-state index contributed by atoms with van der Waals surface area (Å²) in [6.45, 7) is 1.91. The number of hydrogen-bond acceptors (Lipinski definition) is 5. The molecule has 1 aromatic rings. The summed E-state index contributed by atoms with van der Waals surface area (Å²) in [6, 6.07) is 3.25. The van der Waals surface area contributed by atoms with Crippen LogP contribution in [-0.2, 0) is 9.53 Å². The Morgan fingerprint density at radius 2 is 2.50 bits per heavy atom. The molecule has 0 saturated heterocycles. The standard InChI is InChI=1S/C9H10N2O3/c1-2-14-9(12)8(11-13)7-4-3-5-10-6-7/h3-6,13H,2H2,1H3/b11-8-. The summed E-state index contributed by atoms with van der Waals surface area (Å²) >= 11 is 0. The highest BCUT2D eigenvalue weighted by Gasteiger charge is 2.15. The molecule has 0 radical (unpaired) electrons. The Bertz CT molecular complexity index is 335. The van der Waals surface area contributed by atoms with E-state index in [0.717, 1.165) is 0 Å². The quantitative estimate of drug-likeness (QED) is 0.334. The zero-order valence-electron chi connectivity index (χ0n) is 7.67. The summed E-state index contributed by atoms with van der Waals surface area (Å²) < 4.78 is 4.69. The Hall–Kier alpha value is -1.91. The largest absolute Gasteiger partial charge is 0.461 e. The van der Waals surface area contributed by atoms with Crippen molar-refractivity contribution in [1.29, 1.82) is 0 Å². The third kappa shape index (κ3) is 2.29. The van der Waals surface area contributed by atoms with Crippen molar-refractivity contribution >= 4 is 11.7 Å². The fourth-order valence-corrected chi connectivity index (χ4v) is 0.919. The SMILES string of the molecule is CCOC(=O)/C(=N\O)c1cccnc1. The van der Waals surface area contributed by atoms with Crippen LogP contribution < -0.4 is 0 Å². The molecule has 1 heterocycles. The molecule has 0 aliphatic rings. The monoisotopic (exact) mass is 194 g/mol. The van der Waals surface area contributed by atoms with Crippen LogP contribution in [-0.4, -0.2) is 28.5 Å². The van der Waals surface area contributed by atoms with Gasteiger partial charge in [0.05, 0.1) is 6.61 Å². The van der Waals surface area contributed by atoms with E-state index in [1.807, 2.05) is 0 Å². The number of esters is 1. The fraction of sp³-hybridized carbons (Fsp3) is 0.222. The van der Waals surface area contributed by atoms with Gasteiger partial charge >= 0.3 is 5.97 Å². The van der Waals surface area contributed by atoms with Gasteiger partial charge in [0.25, 0.3) is 0 Å². The summed E-state index contributed by atoms with van der Waals surface area (Å²) in [5, 5.41) is 11.5. The maximum absolute atomic E-state index is 11.2. The highest BCUT2D eigenvalue weighted by Crippen LogP contribution is 2.00. The van der Waals surface area contributed by atoms with Gasteiger partial charge < -0.3 is 9.94 Å². The fourth-order valence-electron chi connectivity index (χ4n) is 0.919. The topological polar surface area (TPSA) is 71.8 Å². The summed E-state index contributed by atoms with van der Waals surface area (Å²) in [7, 11) is 0. The average molecular weight is 194 g/mol. The third-order valence-electron chi connectivity index (χ3n) is 1.50. The number of aromatic nitrogens is 1. The second-order valence-corrected chi connectivity index (χ2v) is 2.41. The Kier molecular flexibility index (Phi) is 3.60. The predicted octanol–water partition coefficient (Wildman–Crippen LogP) is 0.823. The smallest absolute Gasteiger partial charge is 0.361 e. The Morgan fingerprint density at radius 3 is 3.00 bits per heavy atom. The van der Waals surface area contributed by atoms with Crippen molar-refractivity contribution in [3.8, 4) is 0 Å². The molecule has 0 aliphatic heterocycles. The van der Waals surface area contributed by atoms with E-state index in [1.165, 1.54) is 6.20 Å². The first kappa shape index (κ1) is 10.2. The number of nitrogens with zero attached hydrogens (tertiary/aromatic N) is 2. The van der Waals surface area contributed by atoms with Crippen LogP contribution in [0.2, 0.25) is 0 Å². The minimum Gasteiger partial charge on any atom is -0.461 e. The highest BCUT2D eigenvalue weighted by atomic mass is 16.5. The first-order valence-electron chi connectivity index (χ1n) is 4.09. The van der Waals surface area contributed by atoms with Gasteiger partial charge in [-0.15, -0.1) is 0 Å². The zero-order valence-corrected chi connectivity index (χ0v) is 7.67. The Labute approximate surface area is 81.0 Å². The molecule has 0 spiro atoms. The van der Waals surface area contributed by atoms with E-state index in [9.17, 15) is 4.79 Å². The van der Waals surface area contributed by atoms with Crippen LogP contribution in [0.4, 0.5) is 0 Å². The summed E-state index contributed by atoms with van der Waals surface area (Å²) in [5.41, 5.74) is 0.286. The number of carbonyl (C=O) groups is 1. The van der Waals surface area contributed by atoms with Gasteiger partial charge in [-0.25, -0.2) is 4.79 Å². The highest BCUT2D eigenvalue weighted by molar-refractivity contribution is 6.43. The van der Waals surface area contributed by atoms with E-state index in [1.54, 1.807) is 25.3 Å². The molecule has 0 bridgehead atoms. The van der Waals surface area contributed by atoms with Crippen molar-refractivity contribution < 1.29 is 14.7 Å². The molecule has 14 heavy (non-hydrogen) atoms. The molecule has 0 fully saturated rings. The molecule has 1 aromatic heterocycles. The maximum atomic E-state index is 11.2. The summed E-state index contributed by atoms with van der Waals surface area (Å²) in [5.74, 6) is -0.664. The minimum atomic E-state index is -0.664. The molecular formula is C9H10N2O3.